The van der Waals surface area contributed by atoms with Gasteiger partial charge in [0.05, 0.1) is 5.56 Å². The summed E-state index contributed by atoms with van der Waals surface area (Å²) in [4.78, 5) is 20.7. The summed E-state index contributed by atoms with van der Waals surface area (Å²) in [7, 11) is 3.93. The van der Waals surface area contributed by atoms with Crippen molar-refractivity contribution in [2.45, 2.75) is 18.9 Å². The molecule has 0 spiro atoms. The van der Waals surface area contributed by atoms with E-state index in [0.29, 0.717) is 11.1 Å². The summed E-state index contributed by atoms with van der Waals surface area (Å²) in [5.41, 5.74) is 1.18. The Labute approximate surface area is 125 Å². The number of aliphatic hydroxyl groups excluding tert-OH is 1. The Morgan fingerprint density at radius 1 is 1.57 bits per heavy atom. The van der Waals surface area contributed by atoms with E-state index in [1.165, 1.54) is 0 Å². The Hall–Kier alpha value is -1.90. The van der Waals surface area contributed by atoms with Gasteiger partial charge in [0.2, 0.25) is 0 Å². The second-order valence-electron chi connectivity index (χ2n) is 5.40. The van der Waals surface area contributed by atoms with Gasteiger partial charge in [-0.15, -0.1) is 0 Å². The first-order valence-electron chi connectivity index (χ1n) is 7.12. The van der Waals surface area contributed by atoms with Gasteiger partial charge in [-0.2, -0.15) is 0 Å². The summed E-state index contributed by atoms with van der Waals surface area (Å²) in [6.07, 6.45) is 5.30. The molecule has 21 heavy (non-hydrogen) atoms. The van der Waals surface area contributed by atoms with Crippen LogP contribution in [-0.2, 0) is 0 Å². The average molecular weight is 287 g/mol. The number of piperidine rings is 1. The molecule has 0 saturated carbocycles. The van der Waals surface area contributed by atoms with Gasteiger partial charge in [0.1, 0.15) is 6.61 Å². The summed E-state index contributed by atoms with van der Waals surface area (Å²) >= 11 is 0. The number of aliphatic hydroxyl groups is 1. The molecule has 1 unspecified atom stereocenters. The molecule has 0 radical (unpaired) electrons. The quantitative estimate of drug-likeness (QED) is 0.809. The van der Waals surface area contributed by atoms with E-state index in [1.807, 2.05) is 7.05 Å². The minimum Gasteiger partial charge on any atom is -0.384 e. The fraction of sp³-hybridized carbons (Fsp3) is 0.500. The second kappa shape index (κ2) is 7.21. The summed E-state index contributed by atoms with van der Waals surface area (Å²) < 4.78 is 0. The van der Waals surface area contributed by atoms with Gasteiger partial charge in [-0.3, -0.25) is 9.78 Å². The molecule has 2 heterocycles. The largest absolute Gasteiger partial charge is 0.384 e. The van der Waals surface area contributed by atoms with Crippen LogP contribution in [0.2, 0.25) is 0 Å². The molecular weight excluding hydrogens is 266 g/mol. The van der Waals surface area contributed by atoms with Crippen molar-refractivity contribution in [1.82, 2.24) is 14.8 Å². The number of amides is 1. The molecule has 1 atom stereocenters. The third-order valence-electron chi connectivity index (χ3n) is 3.76. The number of carbonyl (C=O) groups is 1. The van der Waals surface area contributed by atoms with Gasteiger partial charge in [0.15, 0.2) is 0 Å². The molecule has 0 aromatic carbocycles. The van der Waals surface area contributed by atoms with E-state index in [4.69, 9.17) is 5.11 Å². The Balaban J connectivity index is 2.11. The highest BCUT2D eigenvalue weighted by Crippen LogP contribution is 2.16. The fourth-order valence-corrected chi connectivity index (χ4v) is 2.59. The smallest absolute Gasteiger partial charge is 0.255 e. The predicted molar refractivity (Wildman–Crippen MR) is 80.8 cm³/mol. The van der Waals surface area contributed by atoms with Crippen LogP contribution in [0.1, 0.15) is 28.8 Å². The molecule has 1 aliphatic heterocycles. The zero-order chi connectivity index (χ0) is 15.2. The van der Waals surface area contributed by atoms with Gasteiger partial charge in [0.25, 0.3) is 5.91 Å². The number of aromatic nitrogens is 1. The normalized spacial score (nSPS) is 18.7. The van der Waals surface area contributed by atoms with E-state index in [9.17, 15) is 4.79 Å². The fourth-order valence-electron chi connectivity index (χ4n) is 2.59. The Morgan fingerprint density at radius 3 is 3.10 bits per heavy atom. The Kier molecular flexibility index (Phi) is 5.32. The monoisotopic (exact) mass is 287 g/mol. The van der Waals surface area contributed by atoms with Gasteiger partial charge in [-0.05, 0) is 32.5 Å². The number of likely N-dealkylation sites (N-methyl/N-ethyl adjacent to an activating group) is 2. The van der Waals surface area contributed by atoms with Crippen LogP contribution < -0.4 is 0 Å². The predicted octanol–water partition coefficient (Wildman–Crippen LogP) is 0.592. The highest BCUT2D eigenvalue weighted by molar-refractivity contribution is 5.94. The van der Waals surface area contributed by atoms with Crippen LogP contribution in [0, 0.1) is 11.8 Å². The lowest BCUT2D eigenvalue weighted by atomic mass is 10.0. The van der Waals surface area contributed by atoms with Crippen molar-refractivity contribution in [1.29, 1.82) is 0 Å². The lowest BCUT2D eigenvalue weighted by molar-refractivity contribution is 0.0643. The topological polar surface area (TPSA) is 56.7 Å². The van der Waals surface area contributed by atoms with E-state index in [2.05, 4.69) is 28.8 Å². The molecule has 1 fully saturated rings. The molecule has 112 valence electrons. The molecule has 5 nitrogen and oxygen atoms in total. The lowest BCUT2D eigenvalue weighted by Gasteiger charge is -2.35. The number of hydrogen-bond donors (Lipinski definition) is 1. The molecule has 1 saturated heterocycles. The van der Waals surface area contributed by atoms with Gasteiger partial charge >= 0.3 is 0 Å². The summed E-state index contributed by atoms with van der Waals surface area (Å²) in [5, 5.41) is 8.72. The van der Waals surface area contributed by atoms with Crippen molar-refractivity contribution in [3.05, 3.63) is 29.6 Å². The molecule has 5 heteroatoms. The minimum absolute atomic E-state index is 0.0320. The van der Waals surface area contributed by atoms with Gasteiger partial charge in [-0.25, -0.2) is 0 Å². The van der Waals surface area contributed by atoms with E-state index in [1.54, 1.807) is 23.4 Å². The molecule has 1 aliphatic rings. The van der Waals surface area contributed by atoms with E-state index >= 15 is 0 Å². The van der Waals surface area contributed by atoms with Crippen LogP contribution in [0.25, 0.3) is 0 Å². The molecule has 1 amide bonds. The molecule has 1 N–H and O–H groups in total. The van der Waals surface area contributed by atoms with E-state index in [0.717, 1.165) is 25.9 Å². The third kappa shape index (κ3) is 4.03. The SMILES string of the molecule is CN1CCCC(N(C)C(=O)c2cncc(C#CCO)c2)C1. The molecule has 0 aliphatic carbocycles. The molecule has 1 aromatic heterocycles. The summed E-state index contributed by atoms with van der Waals surface area (Å²) in [6, 6.07) is 1.96. The van der Waals surface area contributed by atoms with Crippen LogP contribution in [0.4, 0.5) is 0 Å². The molecular formula is C16H21N3O2. The van der Waals surface area contributed by atoms with Gasteiger partial charge in [0, 0.05) is 37.6 Å². The van der Waals surface area contributed by atoms with Crippen LogP contribution in [0.3, 0.4) is 0 Å². The van der Waals surface area contributed by atoms with Crippen molar-refractivity contribution in [2.24, 2.45) is 0 Å². The van der Waals surface area contributed by atoms with Crippen LogP contribution >= 0.6 is 0 Å². The van der Waals surface area contributed by atoms with Crippen LogP contribution in [0.5, 0.6) is 0 Å². The standard InChI is InChI=1S/C16H21N3O2/c1-18-7-3-6-15(12-18)19(2)16(21)14-9-13(5-4-8-20)10-17-11-14/h9-11,15,20H,3,6-8,12H2,1-2H3. The second-order valence-corrected chi connectivity index (χ2v) is 5.40. The summed E-state index contributed by atoms with van der Waals surface area (Å²) in [5.74, 6) is 5.30. The van der Waals surface area contributed by atoms with Crippen molar-refractivity contribution < 1.29 is 9.90 Å². The van der Waals surface area contributed by atoms with Crippen molar-refractivity contribution in [3.63, 3.8) is 0 Å². The molecule has 1 aromatic rings. The first-order valence-corrected chi connectivity index (χ1v) is 7.12. The minimum atomic E-state index is -0.202. The summed E-state index contributed by atoms with van der Waals surface area (Å²) in [6.45, 7) is 1.79. The van der Waals surface area contributed by atoms with Gasteiger partial charge < -0.3 is 14.9 Å². The average Bonchev–Trinajstić information content (AvgIpc) is 2.51. The Morgan fingerprint density at radius 2 is 2.38 bits per heavy atom. The van der Waals surface area contributed by atoms with Gasteiger partial charge in [-0.1, -0.05) is 11.8 Å². The Bertz CT molecular complexity index is 562. The first kappa shape index (κ1) is 15.5. The number of hydrogen-bond acceptors (Lipinski definition) is 4. The maximum atomic E-state index is 12.5. The number of likely N-dealkylation sites (tertiary alicyclic amines) is 1. The molecule has 0 bridgehead atoms. The number of carbonyl (C=O) groups excluding carboxylic acids is 1. The van der Waals surface area contributed by atoms with Crippen LogP contribution in [0.15, 0.2) is 18.5 Å². The van der Waals surface area contributed by atoms with Crippen molar-refractivity contribution in [2.75, 3.05) is 33.8 Å². The zero-order valence-corrected chi connectivity index (χ0v) is 12.5. The highest BCUT2D eigenvalue weighted by Gasteiger charge is 2.25. The van der Waals surface area contributed by atoms with Crippen molar-refractivity contribution in [3.8, 4) is 11.8 Å². The van der Waals surface area contributed by atoms with E-state index < -0.39 is 0 Å². The van der Waals surface area contributed by atoms with E-state index in [-0.39, 0.29) is 18.6 Å². The maximum Gasteiger partial charge on any atom is 0.255 e. The van der Waals surface area contributed by atoms with Crippen molar-refractivity contribution >= 4 is 5.91 Å². The highest BCUT2D eigenvalue weighted by atomic mass is 16.2. The number of pyridine rings is 1. The maximum absolute atomic E-state index is 12.5. The number of nitrogens with zero attached hydrogens (tertiary/aromatic N) is 3. The zero-order valence-electron chi connectivity index (χ0n) is 12.5. The number of rotatable bonds is 2. The first-order chi connectivity index (χ1) is 10.1. The lowest BCUT2D eigenvalue weighted by Crippen LogP contribution is -2.47. The third-order valence-corrected chi connectivity index (χ3v) is 3.76. The molecule has 2 rings (SSSR count). The van der Waals surface area contributed by atoms with Crippen LogP contribution in [-0.4, -0.2) is 65.6 Å².